The van der Waals surface area contributed by atoms with Crippen LogP contribution in [-0.4, -0.2) is 10.9 Å². The Hall–Kier alpha value is -3.34. The number of anilines is 3. The van der Waals surface area contributed by atoms with Crippen molar-refractivity contribution < 1.29 is 9.53 Å². The van der Waals surface area contributed by atoms with Crippen molar-refractivity contribution in [2.45, 2.75) is 20.8 Å². The Labute approximate surface area is 159 Å². The third kappa shape index (κ3) is 5.31. The van der Waals surface area contributed by atoms with Crippen molar-refractivity contribution >= 4 is 23.1 Å². The van der Waals surface area contributed by atoms with E-state index < -0.39 is 5.41 Å². The monoisotopic (exact) mass is 361 g/mol. The number of hydrogen-bond donors (Lipinski definition) is 2. The van der Waals surface area contributed by atoms with Crippen molar-refractivity contribution in [2.24, 2.45) is 5.41 Å². The molecule has 1 aromatic heterocycles. The second-order valence-electron chi connectivity index (χ2n) is 7.20. The summed E-state index contributed by atoms with van der Waals surface area (Å²) in [6, 6.07) is 20.9. The van der Waals surface area contributed by atoms with Crippen molar-refractivity contribution in [1.29, 1.82) is 0 Å². The molecule has 1 heterocycles. The molecule has 0 saturated carbocycles. The Kier molecular flexibility index (Phi) is 5.41. The Balaban J connectivity index is 1.59. The number of rotatable bonds is 5. The van der Waals surface area contributed by atoms with Crippen LogP contribution in [0.5, 0.6) is 11.5 Å². The first-order valence-corrected chi connectivity index (χ1v) is 8.78. The van der Waals surface area contributed by atoms with Gasteiger partial charge in [-0.3, -0.25) is 4.79 Å². The lowest BCUT2D eigenvalue weighted by molar-refractivity contribution is -0.123. The summed E-state index contributed by atoms with van der Waals surface area (Å²) >= 11 is 0. The zero-order valence-electron chi connectivity index (χ0n) is 15.7. The van der Waals surface area contributed by atoms with E-state index in [0.717, 1.165) is 17.2 Å². The summed E-state index contributed by atoms with van der Waals surface area (Å²) in [5.41, 5.74) is 1.13. The van der Waals surface area contributed by atoms with Crippen LogP contribution in [0.1, 0.15) is 20.8 Å². The first kappa shape index (κ1) is 18.5. The van der Waals surface area contributed by atoms with Gasteiger partial charge in [-0.25, -0.2) is 4.98 Å². The summed E-state index contributed by atoms with van der Waals surface area (Å²) in [7, 11) is 0. The number of ether oxygens (including phenoxy) is 1. The Morgan fingerprint density at radius 2 is 1.48 bits per heavy atom. The van der Waals surface area contributed by atoms with E-state index in [2.05, 4.69) is 15.6 Å². The lowest BCUT2D eigenvalue weighted by atomic mass is 9.96. The van der Waals surface area contributed by atoms with Gasteiger partial charge in [-0.2, -0.15) is 0 Å². The fourth-order valence-corrected chi connectivity index (χ4v) is 2.24. The van der Waals surface area contributed by atoms with Crippen LogP contribution in [-0.2, 0) is 4.79 Å². The minimum Gasteiger partial charge on any atom is -0.457 e. The zero-order valence-corrected chi connectivity index (χ0v) is 15.7. The van der Waals surface area contributed by atoms with E-state index in [1.54, 1.807) is 6.20 Å². The van der Waals surface area contributed by atoms with E-state index in [4.69, 9.17) is 4.74 Å². The van der Waals surface area contributed by atoms with Gasteiger partial charge in [0.05, 0.1) is 11.9 Å². The van der Waals surface area contributed by atoms with E-state index in [-0.39, 0.29) is 5.91 Å². The number of pyridine rings is 1. The topological polar surface area (TPSA) is 63.2 Å². The van der Waals surface area contributed by atoms with Gasteiger partial charge in [0.1, 0.15) is 17.3 Å². The maximum Gasteiger partial charge on any atom is 0.229 e. The molecule has 0 aliphatic heterocycles. The minimum absolute atomic E-state index is 0.0426. The van der Waals surface area contributed by atoms with E-state index >= 15 is 0 Å². The van der Waals surface area contributed by atoms with Crippen molar-refractivity contribution in [3.8, 4) is 11.5 Å². The third-order valence-electron chi connectivity index (χ3n) is 3.81. The minimum atomic E-state index is -0.444. The summed E-state index contributed by atoms with van der Waals surface area (Å²) in [4.78, 5) is 16.3. The molecule has 0 aliphatic carbocycles. The fraction of sp³-hybridized carbons (Fsp3) is 0.182. The van der Waals surface area contributed by atoms with E-state index in [1.165, 1.54) is 0 Å². The molecule has 0 atom stereocenters. The zero-order chi connectivity index (χ0) is 19.3. The fourth-order valence-electron chi connectivity index (χ4n) is 2.24. The molecule has 0 fully saturated rings. The van der Waals surface area contributed by atoms with Gasteiger partial charge in [-0.05, 0) is 48.5 Å². The number of nitrogens with one attached hydrogen (secondary N) is 2. The van der Waals surface area contributed by atoms with Crippen LogP contribution in [0.4, 0.5) is 17.2 Å². The molecule has 5 heteroatoms. The van der Waals surface area contributed by atoms with E-state index in [0.29, 0.717) is 11.5 Å². The number of aromatic nitrogens is 1. The summed E-state index contributed by atoms with van der Waals surface area (Å²) in [6.07, 6.45) is 1.64. The van der Waals surface area contributed by atoms with Gasteiger partial charge >= 0.3 is 0 Å². The van der Waals surface area contributed by atoms with Gasteiger partial charge in [0, 0.05) is 11.1 Å². The highest BCUT2D eigenvalue weighted by atomic mass is 16.5. The number of benzene rings is 2. The molecule has 3 rings (SSSR count). The normalized spacial score (nSPS) is 10.9. The largest absolute Gasteiger partial charge is 0.457 e. The van der Waals surface area contributed by atoms with Crippen LogP contribution in [0.15, 0.2) is 72.9 Å². The Morgan fingerprint density at radius 3 is 2.07 bits per heavy atom. The quantitative estimate of drug-likeness (QED) is 0.621. The first-order chi connectivity index (χ1) is 12.9. The molecule has 27 heavy (non-hydrogen) atoms. The summed E-state index contributed by atoms with van der Waals surface area (Å²) < 4.78 is 5.78. The maximum atomic E-state index is 12.0. The average Bonchev–Trinajstić information content (AvgIpc) is 2.65. The molecule has 138 valence electrons. The number of carbonyl (C=O) groups excluding carboxylic acids is 1. The number of hydrogen-bond acceptors (Lipinski definition) is 4. The SMILES string of the molecule is CC(C)(C)C(=O)Nc1ccc(Nc2ccc(Oc3ccccc3)cc2)nc1. The highest BCUT2D eigenvalue weighted by Gasteiger charge is 2.21. The first-order valence-electron chi connectivity index (χ1n) is 8.78. The van der Waals surface area contributed by atoms with Gasteiger partial charge in [-0.1, -0.05) is 39.0 Å². The van der Waals surface area contributed by atoms with Crippen LogP contribution in [0.25, 0.3) is 0 Å². The molecular weight excluding hydrogens is 338 g/mol. The van der Waals surface area contributed by atoms with Gasteiger partial charge in [0.2, 0.25) is 5.91 Å². The van der Waals surface area contributed by atoms with Crippen molar-refractivity contribution in [1.82, 2.24) is 4.98 Å². The number of para-hydroxylation sites is 1. The average molecular weight is 361 g/mol. The van der Waals surface area contributed by atoms with Crippen LogP contribution >= 0.6 is 0 Å². The maximum absolute atomic E-state index is 12.0. The molecule has 1 amide bonds. The molecule has 3 aromatic rings. The molecule has 0 saturated heterocycles. The van der Waals surface area contributed by atoms with Crippen molar-refractivity contribution in [2.75, 3.05) is 10.6 Å². The molecule has 2 aromatic carbocycles. The second kappa shape index (κ2) is 7.91. The molecule has 0 spiro atoms. The smallest absolute Gasteiger partial charge is 0.229 e. The molecule has 0 bridgehead atoms. The van der Waals surface area contributed by atoms with Gasteiger partial charge in [-0.15, -0.1) is 0 Å². The van der Waals surface area contributed by atoms with Crippen LogP contribution < -0.4 is 15.4 Å². The van der Waals surface area contributed by atoms with Crippen LogP contribution in [0, 0.1) is 5.41 Å². The Morgan fingerprint density at radius 1 is 0.852 bits per heavy atom. The van der Waals surface area contributed by atoms with E-state index in [1.807, 2.05) is 87.5 Å². The van der Waals surface area contributed by atoms with Gasteiger partial charge in [0.25, 0.3) is 0 Å². The lowest BCUT2D eigenvalue weighted by Gasteiger charge is -2.17. The predicted molar refractivity (Wildman–Crippen MR) is 109 cm³/mol. The van der Waals surface area contributed by atoms with Gasteiger partial charge in [0.15, 0.2) is 0 Å². The molecule has 5 nitrogen and oxygen atoms in total. The molecule has 0 aliphatic rings. The second-order valence-corrected chi connectivity index (χ2v) is 7.20. The van der Waals surface area contributed by atoms with Crippen molar-refractivity contribution in [3.05, 3.63) is 72.9 Å². The van der Waals surface area contributed by atoms with Crippen LogP contribution in [0.2, 0.25) is 0 Å². The summed E-state index contributed by atoms with van der Waals surface area (Å²) in [6.45, 7) is 5.62. The molecule has 0 radical (unpaired) electrons. The number of amides is 1. The van der Waals surface area contributed by atoms with Crippen LogP contribution in [0.3, 0.4) is 0 Å². The highest BCUT2D eigenvalue weighted by molar-refractivity contribution is 5.94. The van der Waals surface area contributed by atoms with Gasteiger partial charge < -0.3 is 15.4 Å². The third-order valence-corrected chi connectivity index (χ3v) is 3.81. The number of nitrogens with zero attached hydrogens (tertiary/aromatic N) is 1. The summed E-state index contributed by atoms with van der Waals surface area (Å²) in [5.74, 6) is 2.22. The Bertz CT molecular complexity index is 884. The molecule has 2 N–H and O–H groups in total. The van der Waals surface area contributed by atoms with Crippen molar-refractivity contribution in [3.63, 3.8) is 0 Å². The predicted octanol–water partition coefficient (Wildman–Crippen LogP) is 5.60. The standard InChI is InChI=1S/C22H23N3O2/c1-22(2,3)21(26)25-17-11-14-20(23-15-17)24-16-9-12-19(13-10-16)27-18-7-5-4-6-8-18/h4-15H,1-3H3,(H,23,24)(H,25,26). The highest BCUT2D eigenvalue weighted by Crippen LogP contribution is 2.24. The van der Waals surface area contributed by atoms with E-state index in [9.17, 15) is 4.79 Å². The summed E-state index contributed by atoms with van der Waals surface area (Å²) in [5, 5.41) is 6.08. The number of carbonyl (C=O) groups is 1. The lowest BCUT2D eigenvalue weighted by Crippen LogP contribution is -2.27. The molecular formula is C22H23N3O2. The molecule has 0 unspecified atom stereocenters.